The molecule has 1 aromatic heterocycles. The summed E-state index contributed by atoms with van der Waals surface area (Å²) in [6.45, 7) is 5.51. The van der Waals surface area contributed by atoms with Gasteiger partial charge in [-0.2, -0.15) is 0 Å². The van der Waals surface area contributed by atoms with E-state index in [1.807, 2.05) is 24.3 Å². The minimum Gasteiger partial charge on any atom is -0.379 e. The fraction of sp³-hybridized carbons (Fsp3) is 0.517. The first-order valence-electron chi connectivity index (χ1n) is 13.8. The van der Waals surface area contributed by atoms with Crippen LogP contribution in [-0.4, -0.2) is 70.1 Å². The molecule has 0 bridgehead atoms. The van der Waals surface area contributed by atoms with E-state index in [2.05, 4.69) is 19.9 Å². The van der Waals surface area contributed by atoms with Crippen LogP contribution in [0.15, 0.2) is 59.8 Å². The van der Waals surface area contributed by atoms with E-state index < -0.39 is 10.0 Å². The number of pyridine rings is 1. The SMILES string of the molecule is O=C(/C=C\c1cccnc1)NCCCCCCCCNS(=O)(=O)c1ccccc1CCCN1CCOCC1. The zero-order chi connectivity index (χ0) is 26.9. The molecule has 2 heterocycles. The molecule has 2 aromatic rings. The number of carbonyl (C=O) groups excluding carboxylic acids is 1. The van der Waals surface area contributed by atoms with Crippen LogP contribution in [0.4, 0.5) is 0 Å². The Morgan fingerprint density at radius 2 is 1.68 bits per heavy atom. The molecule has 1 amide bonds. The maximum Gasteiger partial charge on any atom is 0.243 e. The molecule has 2 N–H and O–H groups in total. The lowest BCUT2D eigenvalue weighted by Gasteiger charge is -2.26. The van der Waals surface area contributed by atoms with Crippen LogP contribution in [0.1, 0.15) is 56.1 Å². The molecule has 0 aliphatic carbocycles. The lowest BCUT2D eigenvalue weighted by molar-refractivity contribution is -0.116. The Balaban J connectivity index is 1.24. The van der Waals surface area contributed by atoms with Gasteiger partial charge in [0.2, 0.25) is 15.9 Å². The predicted octanol–water partition coefficient (Wildman–Crippen LogP) is 3.79. The van der Waals surface area contributed by atoms with Gasteiger partial charge < -0.3 is 10.1 Å². The van der Waals surface area contributed by atoms with Crippen LogP contribution in [0.5, 0.6) is 0 Å². The normalized spacial score (nSPS) is 14.6. The molecular weight excluding hydrogens is 500 g/mol. The molecule has 0 radical (unpaired) electrons. The second-order valence-electron chi connectivity index (χ2n) is 9.60. The van der Waals surface area contributed by atoms with Crippen molar-refractivity contribution in [3.8, 4) is 0 Å². The van der Waals surface area contributed by atoms with Crippen LogP contribution in [0.25, 0.3) is 6.08 Å². The molecule has 38 heavy (non-hydrogen) atoms. The van der Waals surface area contributed by atoms with Crippen molar-refractivity contribution in [2.75, 3.05) is 45.9 Å². The maximum atomic E-state index is 12.9. The number of morpholine rings is 1. The van der Waals surface area contributed by atoms with E-state index in [1.54, 1.807) is 30.6 Å². The Morgan fingerprint density at radius 3 is 2.45 bits per heavy atom. The number of nitrogens with one attached hydrogen (secondary N) is 2. The number of sulfonamides is 1. The highest BCUT2D eigenvalue weighted by Gasteiger charge is 2.18. The van der Waals surface area contributed by atoms with Gasteiger partial charge in [0.25, 0.3) is 0 Å². The van der Waals surface area contributed by atoms with Gasteiger partial charge in [-0.15, -0.1) is 0 Å². The van der Waals surface area contributed by atoms with Gasteiger partial charge in [0, 0.05) is 44.6 Å². The lowest BCUT2D eigenvalue weighted by atomic mass is 10.1. The Bertz CT molecular complexity index is 1090. The van der Waals surface area contributed by atoms with Gasteiger partial charge in [-0.05, 0) is 61.6 Å². The summed E-state index contributed by atoms with van der Waals surface area (Å²) in [7, 11) is -3.51. The molecule has 0 atom stereocenters. The third-order valence-corrected chi connectivity index (χ3v) is 8.15. The van der Waals surface area contributed by atoms with E-state index in [9.17, 15) is 13.2 Å². The molecule has 1 aliphatic heterocycles. The van der Waals surface area contributed by atoms with Gasteiger partial charge in [-0.25, -0.2) is 13.1 Å². The topological polar surface area (TPSA) is 101 Å². The second-order valence-corrected chi connectivity index (χ2v) is 11.3. The number of hydrogen-bond acceptors (Lipinski definition) is 6. The first-order valence-corrected chi connectivity index (χ1v) is 15.3. The maximum absolute atomic E-state index is 12.9. The number of rotatable bonds is 17. The van der Waals surface area contributed by atoms with Crippen molar-refractivity contribution in [2.24, 2.45) is 0 Å². The summed E-state index contributed by atoms with van der Waals surface area (Å²) in [6.07, 6.45) is 14.2. The van der Waals surface area contributed by atoms with Crippen LogP contribution in [0.2, 0.25) is 0 Å². The third kappa shape index (κ3) is 11.4. The Morgan fingerprint density at radius 1 is 0.947 bits per heavy atom. The van der Waals surface area contributed by atoms with Gasteiger partial charge >= 0.3 is 0 Å². The smallest absolute Gasteiger partial charge is 0.243 e. The van der Waals surface area contributed by atoms with Crippen molar-refractivity contribution in [1.82, 2.24) is 19.9 Å². The molecule has 1 fully saturated rings. The molecule has 1 aliphatic rings. The number of amides is 1. The Kier molecular flexibility index (Phi) is 13.5. The Labute approximate surface area is 227 Å². The van der Waals surface area contributed by atoms with Crippen molar-refractivity contribution >= 4 is 22.0 Å². The fourth-order valence-electron chi connectivity index (χ4n) is 4.45. The summed E-state index contributed by atoms with van der Waals surface area (Å²) in [6, 6.07) is 11.1. The van der Waals surface area contributed by atoms with Gasteiger partial charge in [0.05, 0.1) is 18.1 Å². The first kappa shape index (κ1) is 30.0. The molecule has 0 unspecified atom stereocenters. The number of aryl methyl sites for hydroxylation is 1. The van der Waals surface area contributed by atoms with Crippen LogP contribution in [0.3, 0.4) is 0 Å². The van der Waals surface area contributed by atoms with Crippen molar-refractivity contribution in [2.45, 2.75) is 56.3 Å². The van der Waals surface area contributed by atoms with E-state index in [0.29, 0.717) is 18.0 Å². The van der Waals surface area contributed by atoms with Gasteiger partial charge in [0.15, 0.2) is 0 Å². The van der Waals surface area contributed by atoms with E-state index in [0.717, 1.165) is 95.3 Å². The zero-order valence-electron chi connectivity index (χ0n) is 22.3. The summed E-state index contributed by atoms with van der Waals surface area (Å²) in [4.78, 5) is 18.7. The number of hydrogen-bond donors (Lipinski definition) is 2. The summed E-state index contributed by atoms with van der Waals surface area (Å²) in [5.74, 6) is -0.0974. The number of ether oxygens (including phenoxy) is 1. The molecule has 0 saturated carbocycles. The minimum atomic E-state index is -3.51. The number of benzene rings is 1. The summed E-state index contributed by atoms with van der Waals surface area (Å²) in [5.41, 5.74) is 1.78. The fourth-order valence-corrected chi connectivity index (χ4v) is 5.79. The molecule has 8 nitrogen and oxygen atoms in total. The highest BCUT2D eigenvalue weighted by molar-refractivity contribution is 7.89. The molecule has 1 saturated heterocycles. The monoisotopic (exact) mass is 542 g/mol. The highest BCUT2D eigenvalue weighted by atomic mass is 32.2. The molecule has 0 spiro atoms. The number of aromatic nitrogens is 1. The Hall–Kier alpha value is -2.59. The zero-order valence-corrected chi connectivity index (χ0v) is 23.1. The average molecular weight is 543 g/mol. The standard InChI is InChI=1S/C29H42N4O4S/c34-29(16-15-26-11-9-17-30-25-26)31-18-7-3-1-2-4-8-19-32-38(35,36)28-14-6-5-12-27(28)13-10-20-33-21-23-37-24-22-33/h5-6,9,11-12,14-17,25,32H,1-4,7-8,10,13,18-24H2,(H,31,34)/b16-15-. The lowest BCUT2D eigenvalue weighted by Crippen LogP contribution is -2.37. The summed E-state index contributed by atoms with van der Waals surface area (Å²) in [5, 5.41) is 2.90. The quantitative estimate of drug-likeness (QED) is 0.233. The van der Waals surface area contributed by atoms with Gasteiger partial charge in [0.1, 0.15) is 0 Å². The van der Waals surface area contributed by atoms with Crippen LogP contribution < -0.4 is 10.0 Å². The molecular formula is C29H42N4O4S. The second kappa shape index (κ2) is 17.1. The average Bonchev–Trinajstić information content (AvgIpc) is 2.94. The number of nitrogens with zero attached hydrogens (tertiary/aromatic N) is 2. The van der Waals surface area contributed by atoms with E-state index in [1.165, 1.54) is 6.08 Å². The van der Waals surface area contributed by atoms with Crippen molar-refractivity contribution in [1.29, 1.82) is 0 Å². The first-order chi connectivity index (χ1) is 18.5. The molecule has 208 valence electrons. The highest BCUT2D eigenvalue weighted by Crippen LogP contribution is 2.18. The third-order valence-electron chi connectivity index (χ3n) is 6.59. The van der Waals surface area contributed by atoms with Crippen LogP contribution >= 0.6 is 0 Å². The van der Waals surface area contributed by atoms with E-state index in [-0.39, 0.29) is 5.91 Å². The van der Waals surface area contributed by atoms with Crippen molar-refractivity contribution < 1.29 is 17.9 Å². The van der Waals surface area contributed by atoms with E-state index in [4.69, 9.17) is 4.74 Å². The minimum absolute atomic E-state index is 0.0974. The van der Waals surface area contributed by atoms with Crippen molar-refractivity contribution in [3.05, 3.63) is 66.0 Å². The van der Waals surface area contributed by atoms with Gasteiger partial charge in [-0.3, -0.25) is 14.7 Å². The molecule has 1 aromatic carbocycles. The predicted molar refractivity (Wildman–Crippen MR) is 151 cm³/mol. The van der Waals surface area contributed by atoms with Gasteiger partial charge in [-0.1, -0.05) is 49.9 Å². The largest absolute Gasteiger partial charge is 0.379 e. The van der Waals surface area contributed by atoms with Crippen LogP contribution in [-0.2, 0) is 26.0 Å². The number of carbonyl (C=O) groups is 1. The molecule has 9 heteroatoms. The summed E-state index contributed by atoms with van der Waals surface area (Å²) >= 11 is 0. The van der Waals surface area contributed by atoms with E-state index >= 15 is 0 Å². The van der Waals surface area contributed by atoms with Crippen molar-refractivity contribution in [3.63, 3.8) is 0 Å². The number of unbranched alkanes of at least 4 members (excludes halogenated alkanes) is 5. The molecule has 3 rings (SSSR count). The summed E-state index contributed by atoms with van der Waals surface area (Å²) < 4.78 is 34.0. The van der Waals surface area contributed by atoms with Crippen LogP contribution in [0, 0.1) is 0 Å².